The molecule has 0 radical (unpaired) electrons. The first-order chi connectivity index (χ1) is 6.90. The Hall–Kier alpha value is -0.560. The molecule has 1 rings (SSSR count). The van der Waals surface area contributed by atoms with Crippen LogP contribution in [0.5, 0.6) is 0 Å². The molecule has 0 aliphatic carbocycles. The van der Waals surface area contributed by atoms with Crippen LogP contribution in [-0.4, -0.2) is 25.2 Å². The van der Waals surface area contributed by atoms with Crippen LogP contribution in [0.1, 0.15) is 26.7 Å². The summed E-state index contributed by atoms with van der Waals surface area (Å²) < 4.78 is 26.6. The van der Waals surface area contributed by atoms with Gasteiger partial charge in [-0.1, -0.05) is 13.3 Å². The average molecular weight is 297 g/mol. The van der Waals surface area contributed by atoms with Gasteiger partial charge in [0.05, 0.1) is 0 Å². The van der Waals surface area contributed by atoms with Crippen LogP contribution in [-0.2, 0) is 15.0 Å². The van der Waals surface area contributed by atoms with E-state index in [-0.39, 0.29) is 4.48 Å². The van der Waals surface area contributed by atoms with Crippen LogP contribution < -0.4 is 4.72 Å². The Kier molecular flexibility index (Phi) is 3.77. The summed E-state index contributed by atoms with van der Waals surface area (Å²) in [4.78, 5) is 11.2. The lowest BCUT2D eigenvalue weighted by molar-refractivity contribution is -0.115. The lowest BCUT2D eigenvalue weighted by Crippen LogP contribution is -2.47. The molecule has 0 atom stereocenters. The molecular formula is C8H13BrN2O3S. The summed E-state index contributed by atoms with van der Waals surface area (Å²) in [6, 6.07) is 0. The molecule has 0 aromatic carbocycles. The number of halogens is 1. The molecule has 0 aromatic rings. The van der Waals surface area contributed by atoms with Crippen molar-refractivity contribution in [1.29, 1.82) is 0 Å². The van der Waals surface area contributed by atoms with Crippen molar-refractivity contribution < 1.29 is 13.2 Å². The third-order valence-electron chi connectivity index (χ3n) is 2.12. The lowest BCUT2D eigenvalue weighted by Gasteiger charge is -2.29. The van der Waals surface area contributed by atoms with Gasteiger partial charge in [0.15, 0.2) is 0 Å². The van der Waals surface area contributed by atoms with Gasteiger partial charge in [-0.05, 0) is 29.3 Å². The Labute approximate surface area is 97.8 Å². The van der Waals surface area contributed by atoms with Crippen LogP contribution >= 0.6 is 15.9 Å². The summed E-state index contributed by atoms with van der Waals surface area (Å²) in [6.07, 6.45) is 1.65. The second-order valence-corrected chi connectivity index (χ2v) is 5.65. The fourth-order valence-corrected chi connectivity index (χ4v) is 3.09. The zero-order valence-electron chi connectivity index (χ0n) is 8.58. The summed E-state index contributed by atoms with van der Waals surface area (Å²) in [7, 11) is -3.68. The van der Waals surface area contributed by atoms with Gasteiger partial charge in [-0.15, -0.1) is 0 Å². The first kappa shape index (κ1) is 12.5. The molecule has 0 unspecified atom stereocenters. The van der Waals surface area contributed by atoms with E-state index < -0.39 is 16.1 Å². The van der Waals surface area contributed by atoms with Crippen LogP contribution in [0.4, 0.5) is 0 Å². The molecule has 0 saturated heterocycles. The smallest absolute Gasteiger partial charge is 0.267 e. The Morgan fingerprint density at radius 2 is 2.07 bits per heavy atom. The van der Waals surface area contributed by atoms with Gasteiger partial charge in [0.1, 0.15) is 4.48 Å². The summed E-state index contributed by atoms with van der Waals surface area (Å²) in [5, 5.41) is 0. The standard InChI is InChI=1S/C8H13BrN2O3S/c1-3-4-5-11-6(2)7(9)8(12)10-15(11,13)14/h3-5H2,1-2H3,(H,10,12). The highest BCUT2D eigenvalue weighted by atomic mass is 79.9. The Bertz CT molecular complexity index is 402. The molecule has 0 bridgehead atoms. The van der Waals surface area contributed by atoms with E-state index >= 15 is 0 Å². The van der Waals surface area contributed by atoms with Gasteiger partial charge in [-0.3, -0.25) is 9.10 Å². The van der Waals surface area contributed by atoms with Crippen LogP contribution in [0.15, 0.2) is 10.2 Å². The summed E-state index contributed by atoms with van der Waals surface area (Å²) in [6.45, 7) is 3.97. The fraction of sp³-hybridized carbons (Fsp3) is 0.625. The maximum Gasteiger partial charge on any atom is 0.326 e. The molecule has 1 aliphatic rings. The average Bonchev–Trinajstić information content (AvgIpc) is 2.14. The predicted molar refractivity (Wildman–Crippen MR) is 60.3 cm³/mol. The number of amides is 1. The Morgan fingerprint density at radius 3 is 2.60 bits per heavy atom. The largest absolute Gasteiger partial charge is 0.326 e. The monoisotopic (exact) mass is 296 g/mol. The van der Waals surface area contributed by atoms with Crippen molar-refractivity contribution in [3.8, 4) is 0 Å². The number of hydrogen-bond acceptors (Lipinski definition) is 3. The second kappa shape index (κ2) is 4.52. The number of unbranched alkanes of at least 4 members (excludes halogenated alkanes) is 1. The second-order valence-electron chi connectivity index (χ2n) is 3.26. The Balaban J connectivity index is 3.05. The summed E-state index contributed by atoms with van der Waals surface area (Å²) in [5.74, 6) is -0.611. The number of carbonyl (C=O) groups is 1. The molecule has 1 amide bonds. The van der Waals surface area contributed by atoms with Gasteiger partial charge < -0.3 is 0 Å². The number of carbonyl (C=O) groups excluding carboxylic acids is 1. The van der Waals surface area contributed by atoms with Gasteiger partial charge in [-0.25, -0.2) is 4.72 Å². The van der Waals surface area contributed by atoms with E-state index in [1.54, 1.807) is 6.92 Å². The quantitative estimate of drug-likeness (QED) is 0.848. The molecule has 5 nitrogen and oxygen atoms in total. The van der Waals surface area contributed by atoms with Crippen molar-refractivity contribution in [2.24, 2.45) is 0 Å². The Morgan fingerprint density at radius 1 is 1.47 bits per heavy atom. The topological polar surface area (TPSA) is 66.5 Å². The van der Waals surface area contributed by atoms with Crippen LogP contribution in [0.3, 0.4) is 0 Å². The van der Waals surface area contributed by atoms with E-state index in [4.69, 9.17) is 0 Å². The van der Waals surface area contributed by atoms with E-state index in [9.17, 15) is 13.2 Å². The van der Waals surface area contributed by atoms with E-state index in [0.717, 1.165) is 12.8 Å². The van der Waals surface area contributed by atoms with Crippen LogP contribution in [0, 0.1) is 0 Å². The van der Waals surface area contributed by atoms with E-state index in [0.29, 0.717) is 12.2 Å². The normalized spacial score (nSPS) is 20.5. The molecule has 0 spiro atoms. The number of allylic oxidation sites excluding steroid dienone is 1. The van der Waals surface area contributed by atoms with Crippen LogP contribution in [0.2, 0.25) is 0 Å². The highest BCUT2D eigenvalue weighted by Crippen LogP contribution is 2.23. The molecule has 7 heteroatoms. The minimum Gasteiger partial charge on any atom is -0.267 e. The number of rotatable bonds is 3. The molecule has 1 N–H and O–H groups in total. The predicted octanol–water partition coefficient (Wildman–Crippen LogP) is 1.09. The van der Waals surface area contributed by atoms with Crippen molar-refractivity contribution in [1.82, 2.24) is 9.03 Å². The fourth-order valence-electron chi connectivity index (χ4n) is 1.26. The third-order valence-corrected chi connectivity index (χ3v) is 4.53. The van der Waals surface area contributed by atoms with Gasteiger partial charge in [0, 0.05) is 12.2 Å². The van der Waals surface area contributed by atoms with Gasteiger partial charge >= 0.3 is 10.2 Å². The lowest BCUT2D eigenvalue weighted by atomic mass is 10.3. The maximum atomic E-state index is 11.6. The molecule has 1 heterocycles. The van der Waals surface area contributed by atoms with E-state index in [1.807, 2.05) is 11.6 Å². The molecule has 1 aliphatic heterocycles. The molecule has 86 valence electrons. The molecule has 0 saturated carbocycles. The number of hydrogen-bond donors (Lipinski definition) is 1. The van der Waals surface area contributed by atoms with Crippen molar-refractivity contribution in [2.75, 3.05) is 6.54 Å². The van der Waals surface area contributed by atoms with Gasteiger partial charge in [0.2, 0.25) is 0 Å². The number of nitrogens with one attached hydrogen (secondary N) is 1. The van der Waals surface area contributed by atoms with E-state index in [1.165, 1.54) is 4.31 Å². The first-order valence-electron chi connectivity index (χ1n) is 4.61. The highest BCUT2D eigenvalue weighted by Gasteiger charge is 2.32. The zero-order valence-corrected chi connectivity index (χ0v) is 11.0. The van der Waals surface area contributed by atoms with Gasteiger partial charge in [0.25, 0.3) is 5.91 Å². The van der Waals surface area contributed by atoms with Crippen molar-refractivity contribution in [3.05, 3.63) is 10.2 Å². The van der Waals surface area contributed by atoms with E-state index in [2.05, 4.69) is 15.9 Å². The molecule has 0 fully saturated rings. The summed E-state index contributed by atoms with van der Waals surface area (Å²) in [5.41, 5.74) is 0.437. The zero-order chi connectivity index (χ0) is 11.6. The SMILES string of the molecule is CCCCN1C(C)=C(Br)C(=O)NS1(=O)=O. The third kappa shape index (κ3) is 2.52. The number of nitrogens with zero attached hydrogens (tertiary/aromatic N) is 1. The highest BCUT2D eigenvalue weighted by molar-refractivity contribution is 9.12. The molecule has 0 aromatic heterocycles. The van der Waals surface area contributed by atoms with Crippen LogP contribution in [0.25, 0.3) is 0 Å². The molecule has 15 heavy (non-hydrogen) atoms. The van der Waals surface area contributed by atoms with Crippen molar-refractivity contribution in [2.45, 2.75) is 26.7 Å². The minimum atomic E-state index is -3.68. The minimum absolute atomic E-state index is 0.272. The maximum absolute atomic E-state index is 11.6. The van der Waals surface area contributed by atoms with Crippen molar-refractivity contribution in [3.63, 3.8) is 0 Å². The molecular weight excluding hydrogens is 284 g/mol. The van der Waals surface area contributed by atoms with Gasteiger partial charge in [-0.2, -0.15) is 8.42 Å². The summed E-state index contributed by atoms with van der Waals surface area (Å²) >= 11 is 3.06. The van der Waals surface area contributed by atoms with Crippen molar-refractivity contribution >= 4 is 32.0 Å². The first-order valence-corrected chi connectivity index (χ1v) is 6.84.